The second-order valence-electron chi connectivity index (χ2n) is 4.87. The average molecular weight is 346 g/mol. The molecular formula is C15H16BrN5. The molecule has 1 N–H and O–H groups in total. The summed E-state index contributed by atoms with van der Waals surface area (Å²) in [4.78, 5) is 8.70. The van der Waals surface area contributed by atoms with Crippen molar-refractivity contribution < 1.29 is 0 Å². The van der Waals surface area contributed by atoms with E-state index >= 15 is 0 Å². The van der Waals surface area contributed by atoms with E-state index in [4.69, 9.17) is 0 Å². The quantitative estimate of drug-likeness (QED) is 0.721. The molecule has 0 saturated carbocycles. The van der Waals surface area contributed by atoms with Gasteiger partial charge in [-0.05, 0) is 17.7 Å². The Kier molecular flexibility index (Phi) is 4.26. The van der Waals surface area contributed by atoms with Crippen molar-refractivity contribution in [1.82, 2.24) is 25.1 Å². The number of hydrogen-bond donors (Lipinski definition) is 1. The first kappa shape index (κ1) is 14.2. The molecule has 0 spiro atoms. The van der Waals surface area contributed by atoms with Crippen LogP contribution in [0.25, 0.3) is 10.9 Å². The SMILES string of the molecule is Cn1cnc(CCNCc2ccc(Br)c3cccnc23)n1. The third kappa shape index (κ3) is 3.28. The maximum Gasteiger partial charge on any atom is 0.151 e. The van der Waals surface area contributed by atoms with Gasteiger partial charge in [0.1, 0.15) is 6.33 Å². The number of aromatic nitrogens is 4. The van der Waals surface area contributed by atoms with Gasteiger partial charge in [-0.1, -0.05) is 28.1 Å². The van der Waals surface area contributed by atoms with Crippen molar-refractivity contribution in [2.45, 2.75) is 13.0 Å². The van der Waals surface area contributed by atoms with E-state index in [-0.39, 0.29) is 0 Å². The summed E-state index contributed by atoms with van der Waals surface area (Å²) < 4.78 is 2.80. The molecular weight excluding hydrogens is 330 g/mol. The Labute approximate surface area is 131 Å². The summed E-state index contributed by atoms with van der Waals surface area (Å²) in [7, 11) is 1.88. The van der Waals surface area contributed by atoms with Gasteiger partial charge in [-0.2, -0.15) is 5.10 Å². The number of aryl methyl sites for hydroxylation is 1. The zero-order valence-corrected chi connectivity index (χ0v) is 13.3. The van der Waals surface area contributed by atoms with E-state index in [9.17, 15) is 0 Å². The highest BCUT2D eigenvalue weighted by molar-refractivity contribution is 9.10. The van der Waals surface area contributed by atoms with Crippen LogP contribution < -0.4 is 5.32 Å². The number of nitrogens with one attached hydrogen (secondary N) is 1. The van der Waals surface area contributed by atoms with Crippen LogP contribution in [0.4, 0.5) is 0 Å². The maximum absolute atomic E-state index is 4.48. The molecule has 0 unspecified atom stereocenters. The fraction of sp³-hybridized carbons (Fsp3) is 0.267. The number of benzene rings is 1. The summed E-state index contributed by atoms with van der Waals surface area (Å²) in [6.45, 7) is 1.63. The van der Waals surface area contributed by atoms with E-state index < -0.39 is 0 Å². The molecule has 21 heavy (non-hydrogen) atoms. The van der Waals surface area contributed by atoms with E-state index in [1.165, 1.54) is 5.56 Å². The minimum atomic E-state index is 0.785. The minimum absolute atomic E-state index is 0.785. The summed E-state index contributed by atoms with van der Waals surface area (Å²) >= 11 is 3.57. The third-order valence-electron chi connectivity index (χ3n) is 3.29. The van der Waals surface area contributed by atoms with Crippen molar-refractivity contribution >= 4 is 26.8 Å². The normalized spacial score (nSPS) is 11.1. The van der Waals surface area contributed by atoms with Crippen molar-refractivity contribution in [2.24, 2.45) is 7.05 Å². The lowest BCUT2D eigenvalue weighted by molar-refractivity contribution is 0.662. The van der Waals surface area contributed by atoms with Crippen molar-refractivity contribution in [3.05, 3.63) is 52.7 Å². The molecule has 0 bridgehead atoms. The highest BCUT2D eigenvalue weighted by atomic mass is 79.9. The van der Waals surface area contributed by atoms with Crippen LogP contribution >= 0.6 is 15.9 Å². The van der Waals surface area contributed by atoms with Gasteiger partial charge in [0.15, 0.2) is 5.82 Å². The number of nitrogens with zero attached hydrogens (tertiary/aromatic N) is 4. The molecule has 0 aliphatic carbocycles. The molecule has 3 aromatic rings. The van der Waals surface area contributed by atoms with E-state index in [0.29, 0.717) is 0 Å². The van der Waals surface area contributed by atoms with Crippen LogP contribution in [0.3, 0.4) is 0 Å². The number of rotatable bonds is 5. The maximum atomic E-state index is 4.48. The van der Waals surface area contributed by atoms with Gasteiger partial charge in [0, 0.05) is 42.6 Å². The number of fused-ring (bicyclic) bond motifs is 1. The van der Waals surface area contributed by atoms with Crippen LogP contribution in [0.5, 0.6) is 0 Å². The Bertz CT molecular complexity index is 753. The molecule has 2 heterocycles. The fourth-order valence-corrected chi connectivity index (χ4v) is 2.71. The van der Waals surface area contributed by atoms with E-state index in [2.05, 4.69) is 54.5 Å². The van der Waals surface area contributed by atoms with Gasteiger partial charge in [0.2, 0.25) is 0 Å². The van der Waals surface area contributed by atoms with E-state index in [1.54, 1.807) is 11.0 Å². The zero-order valence-electron chi connectivity index (χ0n) is 11.8. The number of pyridine rings is 1. The molecule has 3 rings (SSSR count). The largest absolute Gasteiger partial charge is 0.312 e. The molecule has 0 radical (unpaired) electrons. The summed E-state index contributed by atoms with van der Waals surface area (Å²) in [5, 5.41) is 8.83. The summed E-state index contributed by atoms with van der Waals surface area (Å²) in [5.41, 5.74) is 2.23. The van der Waals surface area contributed by atoms with Gasteiger partial charge in [-0.15, -0.1) is 0 Å². The van der Waals surface area contributed by atoms with Crippen LogP contribution in [0.2, 0.25) is 0 Å². The highest BCUT2D eigenvalue weighted by Crippen LogP contribution is 2.24. The molecule has 0 atom stereocenters. The van der Waals surface area contributed by atoms with Gasteiger partial charge >= 0.3 is 0 Å². The van der Waals surface area contributed by atoms with Crippen molar-refractivity contribution in [2.75, 3.05) is 6.54 Å². The second kappa shape index (κ2) is 6.32. The molecule has 0 aliphatic rings. The van der Waals surface area contributed by atoms with Crippen LogP contribution in [0.15, 0.2) is 41.3 Å². The van der Waals surface area contributed by atoms with Gasteiger partial charge < -0.3 is 5.32 Å². The Morgan fingerprint density at radius 2 is 2.14 bits per heavy atom. The number of hydrogen-bond acceptors (Lipinski definition) is 4. The predicted molar refractivity (Wildman–Crippen MR) is 85.9 cm³/mol. The molecule has 0 aliphatic heterocycles. The van der Waals surface area contributed by atoms with Crippen molar-refractivity contribution in [3.8, 4) is 0 Å². The Morgan fingerprint density at radius 1 is 1.24 bits per heavy atom. The van der Waals surface area contributed by atoms with Crippen LogP contribution in [-0.4, -0.2) is 26.3 Å². The topological polar surface area (TPSA) is 55.6 Å². The Balaban J connectivity index is 1.64. The monoisotopic (exact) mass is 345 g/mol. The summed E-state index contributed by atoms with van der Waals surface area (Å²) in [6.07, 6.45) is 4.38. The molecule has 5 nitrogen and oxygen atoms in total. The third-order valence-corrected chi connectivity index (χ3v) is 3.98. The molecule has 0 saturated heterocycles. The zero-order chi connectivity index (χ0) is 14.7. The lowest BCUT2D eigenvalue weighted by atomic mass is 10.1. The predicted octanol–water partition coefficient (Wildman–Crippen LogP) is 2.46. The van der Waals surface area contributed by atoms with E-state index in [0.717, 1.165) is 40.7 Å². The van der Waals surface area contributed by atoms with E-state index in [1.807, 2.05) is 19.3 Å². The summed E-state index contributed by atoms with van der Waals surface area (Å²) in [5.74, 6) is 0.865. The standard InChI is InChI=1S/C15H16BrN5/c1-21-10-19-14(20-21)6-8-17-9-11-4-5-13(16)12-3-2-7-18-15(11)12/h2-5,7,10,17H,6,8-9H2,1H3. The van der Waals surface area contributed by atoms with Gasteiger partial charge in [-0.3, -0.25) is 9.67 Å². The first-order valence-corrected chi connectivity index (χ1v) is 7.60. The molecule has 2 aromatic heterocycles. The van der Waals surface area contributed by atoms with Crippen molar-refractivity contribution in [1.29, 1.82) is 0 Å². The van der Waals surface area contributed by atoms with Crippen LogP contribution in [0, 0.1) is 0 Å². The fourth-order valence-electron chi connectivity index (χ4n) is 2.26. The molecule has 108 valence electrons. The smallest absolute Gasteiger partial charge is 0.151 e. The average Bonchev–Trinajstić information content (AvgIpc) is 2.91. The van der Waals surface area contributed by atoms with Crippen LogP contribution in [0.1, 0.15) is 11.4 Å². The number of halogens is 1. The lowest BCUT2D eigenvalue weighted by Gasteiger charge is -2.08. The van der Waals surface area contributed by atoms with Crippen molar-refractivity contribution in [3.63, 3.8) is 0 Å². The van der Waals surface area contributed by atoms with Crippen LogP contribution in [-0.2, 0) is 20.0 Å². The lowest BCUT2D eigenvalue weighted by Crippen LogP contribution is -2.17. The Morgan fingerprint density at radius 3 is 2.95 bits per heavy atom. The highest BCUT2D eigenvalue weighted by Gasteiger charge is 2.05. The minimum Gasteiger partial charge on any atom is -0.312 e. The first-order chi connectivity index (χ1) is 10.2. The Hall–Kier alpha value is -1.79. The molecule has 0 fully saturated rings. The first-order valence-electron chi connectivity index (χ1n) is 6.81. The van der Waals surface area contributed by atoms with Gasteiger partial charge in [-0.25, -0.2) is 4.98 Å². The van der Waals surface area contributed by atoms with Gasteiger partial charge in [0.05, 0.1) is 5.52 Å². The molecule has 6 heteroatoms. The molecule has 0 amide bonds. The second-order valence-corrected chi connectivity index (χ2v) is 5.72. The summed E-state index contributed by atoms with van der Waals surface area (Å²) in [6, 6.07) is 8.21. The van der Waals surface area contributed by atoms with Gasteiger partial charge in [0.25, 0.3) is 0 Å². The molecule has 1 aromatic carbocycles.